The zero-order chi connectivity index (χ0) is 31.2. The van der Waals surface area contributed by atoms with E-state index in [0.29, 0.717) is 72.6 Å². The first kappa shape index (κ1) is 33.0. The quantitative estimate of drug-likeness (QED) is 0.151. The van der Waals surface area contributed by atoms with E-state index in [0.717, 1.165) is 70.6 Å². The Morgan fingerprint density at radius 3 is 1.68 bits per heavy atom. The smallest absolute Gasteiger partial charge is 0.309 e. The van der Waals surface area contributed by atoms with Gasteiger partial charge in [-0.2, -0.15) is 0 Å². The van der Waals surface area contributed by atoms with Gasteiger partial charge in [-0.15, -0.1) is 0 Å². The van der Waals surface area contributed by atoms with Crippen molar-refractivity contribution in [1.82, 2.24) is 0 Å². The molecule has 3 aliphatic rings. The van der Waals surface area contributed by atoms with Crippen molar-refractivity contribution in [2.45, 2.75) is 141 Å². The summed E-state index contributed by atoms with van der Waals surface area (Å²) < 4.78 is 64.7. The molecule has 2 aromatic rings. The van der Waals surface area contributed by atoms with Crippen LogP contribution in [0.5, 0.6) is 0 Å². The van der Waals surface area contributed by atoms with Crippen LogP contribution in [0.15, 0.2) is 24.3 Å². The summed E-state index contributed by atoms with van der Waals surface area (Å²) >= 11 is 0. The topological polar surface area (TPSA) is 26.3 Å². The lowest BCUT2D eigenvalue weighted by Gasteiger charge is -2.38. The Morgan fingerprint density at radius 2 is 1.14 bits per heavy atom. The summed E-state index contributed by atoms with van der Waals surface area (Å²) in [5.41, 5.74) is 1.90. The van der Waals surface area contributed by atoms with Crippen molar-refractivity contribution in [3.05, 3.63) is 69.8 Å². The van der Waals surface area contributed by atoms with Crippen molar-refractivity contribution in [3.8, 4) is 0 Å². The molecule has 2 nitrogen and oxygen atoms in total. The summed E-state index contributed by atoms with van der Waals surface area (Å²) in [6, 6.07) is 7.05. The largest absolute Gasteiger partial charge is 0.462 e. The predicted octanol–water partition coefficient (Wildman–Crippen LogP) is 10.9. The van der Waals surface area contributed by atoms with Crippen LogP contribution in [0, 0.1) is 41.0 Å². The fraction of sp³-hybridized carbons (Fsp3) is 0.658. The van der Waals surface area contributed by atoms with Crippen LogP contribution in [0.4, 0.5) is 17.6 Å². The van der Waals surface area contributed by atoms with E-state index in [1.807, 2.05) is 6.92 Å². The molecule has 0 aliphatic heterocycles. The molecule has 2 aromatic carbocycles. The fourth-order valence-electron chi connectivity index (χ4n) is 8.35. The molecule has 0 aromatic heterocycles. The summed E-state index contributed by atoms with van der Waals surface area (Å²) in [5, 5.41) is 0. The maximum Gasteiger partial charge on any atom is 0.309 e. The van der Waals surface area contributed by atoms with Crippen LogP contribution >= 0.6 is 0 Å². The maximum atomic E-state index is 14.9. The van der Waals surface area contributed by atoms with E-state index in [4.69, 9.17) is 4.74 Å². The molecular weight excluding hydrogens is 564 g/mol. The molecule has 3 aliphatic carbocycles. The Bertz CT molecular complexity index is 1250. The van der Waals surface area contributed by atoms with Crippen LogP contribution in [-0.4, -0.2) is 12.1 Å². The van der Waals surface area contributed by atoms with Gasteiger partial charge in [0.2, 0.25) is 0 Å². The molecule has 3 fully saturated rings. The van der Waals surface area contributed by atoms with Gasteiger partial charge in [-0.1, -0.05) is 51.0 Å². The summed E-state index contributed by atoms with van der Waals surface area (Å²) in [6.45, 7) is 3.93. The third-order valence-corrected chi connectivity index (χ3v) is 11.2. The third kappa shape index (κ3) is 7.53. The highest BCUT2D eigenvalue weighted by Crippen LogP contribution is 2.45. The Hall–Kier alpha value is -2.37. The number of hydrogen-bond donors (Lipinski definition) is 0. The van der Waals surface area contributed by atoms with Crippen LogP contribution < -0.4 is 0 Å². The molecule has 0 radical (unpaired) electrons. The molecule has 242 valence electrons. The average Bonchev–Trinajstić information content (AvgIpc) is 3.05. The lowest BCUT2D eigenvalue weighted by molar-refractivity contribution is -0.157. The third-order valence-electron chi connectivity index (χ3n) is 11.2. The molecule has 44 heavy (non-hydrogen) atoms. The molecule has 0 bridgehead atoms. The van der Waals surface area contributed by atoms with E-state index < -0.39 is 23.3 Å². The van der Waals surface area contributed by atoms with Crippen molar-refractivity contribution in [2.24, 2.45) is 17.8 Å². The highest BCUT2D eigenvalue weighted by molar-refractivity contribution is 5.72. The first-order valence-corrected chi connectivity index (χ1v) is 17.4. The van der Waals surface area contributed by atoms with E-state index in [9.17, 15) is 22.4 Å². The zero-order valence-electron chi connectivity index (χ0n) is 26.6. The van der Waals surface area contributed by atoms with Gasteiger partial charge in [-0.3, -0.25) is 4.79 Å². The van der Waals surface area contributed by atoms with E-state index in [-0.39, 0.29) is 29.8 Å². The van der Waals surface area contributed by atoms with Crippen LogP contribution in [0.3, 0.4) is 0 Å². The van der Waals surface area contributed by atoms with Gasteiger partial charge in [-0.25, -0.2) is 17.6 Å². The normalized spacial score (nSPS) is 27.7. The number of unbranched alkanes of at least 4 members (excludes halogenated alkanes) is 2. The van der Waals surface area contributed by atoms with Gasteiger partial charge >= 0.3 is 5.97 Å². The molecule has 6 heteroatoms. The number of ether oxygens (including phenoxy) is 1. The number of rotatable bonds is 10. The minimum Gasteiger partial charge on any atom is -0.462 e. The van der Waals surface area contributed by atoms with Crippen molar-refractivity contribution >= 4 is 5.97 Å². The van der Waals surface area contributed by atoms with Crippen LogP contribution in [-0.2, 0) is 22.4 Å². The number of hydrogen-bond acceptors (Lipinski definition) is 2. The van der Waals surface area contributed by atoms with Gasteiger partial charge in [-0.05, 0) is 142 Å². The van der Waals surface area contributed by atoms with Crippen molar-refractivity contribution in [1.29, 1.82) is 0 Å². The lowest BCUT2D eigenvalue weighted by atomic mass is 9.68. The second-order valence-electron chi connectivity index (χ2n) is 13.8. The Balaban J connectivity index is 1.04. The molecule has 0 spiro atoms. The van der Waals surface area contributed by atoms with E-state index >= 15 is 0 Å². The molecule has 0 unspecified atom stereocenters. The Morgan fingerprint density at radius 1 is 0.636 bits per heavy atom. The highest BCUT2D eigenvalue weighted by Gasteiger charge is 2.36. The maximum absolute atomic E-state index is 14.9. The molecule has 5 rings (SSSR count). The second-order valence-corrected chi connectivity index (χ2v) is 13.8. The fourth-order valence-corrected chi connectivity index (χ4v) is 8.35. The summed E-state index contributed by atoms with van der Waals surface area (Å²) in [6.07, 6.45) is 14.1. The number of benzene rings is 2. The lowest BCUT2D eigenvalue weighted by Crippen LogP contribution is -2.32. The van der Waals surface area contributed by atoms with Crippen LogP contribution in [0.25, 0.3) is 0 Å². The van der Waals surface area contributed by atoms with Gasteiger partial charge in [0.15, 0.2) is 23.3 Å². The zero-order valence-corrected chi connectivity index (χ0v) is 26.6. The summed E-state index contributed by atoms with van der Waals surface area (Å²) in [7, 11) is 0. The van der Waals surface area contributed by atoms with Crippen LogP contribution in [0.2, 0.25) is 0 Å². The molecule has 0 N–H and O–H groups in total. The number of esters is 1. The number of aryl methyl sites for hydroxylation is 2. The van der Waals surface area contributed by atoms with Crippen LogP contribution in [0.1, 0.15) is 144 Å². The number of carbonyl (C=O) groups is 1. The van der Waals surface area contributed by atoms with Gasteiger partial charge < -0.3 is 4.74 Å². The monoisotopic (exact) mass is 614 g/mol. The van der Waals surface area contributed by atoms with Gasteiger partial charge in [0.05, 0.1) is 5.92 Å². The predicted molar refractivity (Wildman–Crippen MR) is 167 cm³/mol. The molecule has 0 amide bonds. The molecule has 0 saturated heterocycles. The SMILES string of the molecule is CCCCCc1ccc(C2CCC(OC(=O)C3CCC(C4CCC(c5ccc(CC)c(F)c5F)CC4)CC3)CC2)c(F)c1F. The Labute approximate surface area is 261 Å². The summed E-state index contributed by atoms with van der Waals surface area (Å²) in [5.74, 6) is -1.70. The van der Waals surface area contributed by atoms with Gasteiger partial charge in [0.1, 0.15) is 6.10 Å². The average molecular weight is 615 g/mol. The summed E-state index contributed by atoms with van der Waals surface area (Å²) in [4.78, 5) is 13.1. The van der Waals surface area contributed by atoms with E-state index in [1.165, 1.54) is 0 Å². The minimum atomic E-state index is -0.698. The van der Waals surface area contributed by atoms with E-state index in [1.54, 1.807) is 24.3 Å². The molecule has 0 atom stereocenters. The second kappa shape index (κ2) is 15.3. The van der Waals surface area contributed by atoms with Crippen molar-refractivity contribution in [3.63, 3.8) is 0 Å². The molecule has 3 saturated carbocycles. The standard InChI is InChI=1S/C38H50F4O2/c1-3-5-6-7-29-19-23-33(37(42)35(29)40)28-16-20-31(21-17-28)44-38(43)30-14-10-26(11-15-30)25-8-12-27(13-9-25)32-22-18-24(4-2)34(39)36(32)41/h18-19,22-23,25-28,30-31H,3-17,20-21H2,1-2H3. The molecule has 0 heterocycles. The van der Waals surface area contributed by atoms with Crippen molar-refractivity contribution < 1.29 is 27.1 Å². The minimum absolute atomic E-state index is 0.0408. The van der Waals surface area contributed by atoms with Gasteiger partial charge in [0.25, 0.3) is 0 Å². The first-order chi connectivity index (χ1) is 21.3. The molecular formula is C38H50F4O2. The van der Waals surface area contributed by atoms with Crippen molar-refractivity contribution in [2.75, 3.05) is 0 Å². The number of carbonyl (C=O) groups excluding carboxylic acids is 1. The first-order valence-electron chi connectivity index (χ1n) is 17.4. The van der Waals surface area contributed by atoms with E-state index in [2.05, 4.69) is 6.92 Å². The number of halogens is 4. The highest BCUT2D eigenvalue weighted by atomic mass is 19.2. The Kier molecular flexibility index (Phi) is 11.5. The van der Waals surface area contributed by atoms with Gasteiger partial charge in [0, 0.05) is 0 Å².